The molecule has 0 unspecified atom stereocenters. The fourth-order valence-corrected chi connectivity index (χ4v) is 5.80. The van der Waals surface area contributed by atoms with Crippen LogP contribution in [-0.2, 0) is 14.8 Å². The second-order valence-electron chi connectivity index (χ2n) is 8.35. The highest BCUT2D eigenvalue weighted by molar-refractivity contribution is 7.89. The molecular formula is C21H32FN3O3S. The van der Waals surface area contributed by atoms with Gasteiger partial charge in [0.2, 0.25) is 15.9 Å². The van der Waals surface area contributed by atoms with Crippen LogP contribution in [0.25, 0.3) is 0 Å². The molecule has 0 bridgehead atoms. The predicted octanol–water partition coefficient (Wildman–Crippen LogP) is 2.46. The van der Waals surface area contributed by atoms with Gasteiger partial charge in [0.15, 0.2) is 0 Å². The molecule has 2 fully saturated rings. The number of hydrogen-bond donors (Lipinski definition) is 1. The number of likely N-dealkylation sites (tertiary alicyclic amines) is 1. The molecule has 162 valence electrons. The molecule has 0 radical (unpaired) electrons. The first-order valence-electron chi connectivity index (χ1n) is 10.6. The summed E-state index contributed by atoms with van der Waals surface area (Å²) in [4.78, 5) is 15.1. The van der Waals surface area contributed by atoms with Crippen molar-refractivity contribution in [2.24, 2.45) is 11.8 Å². The number of rotatable bonds is 7. The molecule has 0 aliphatic carbocycles. The zero-order chi connectivity index (χ0) is 20.9. The lowest BCUT2D eigenvalue weighted by Gasteiger charge is -2.32. The fourth-order valence-electron chi connectivity index (χ4n) is 4.28. The van der Waals surface area contributed by atoms with Crippen LogP contribution in [0, 0.1) is 17.7 Å². The highest BCUT2D eigenvalue weighted by Gasteiger charge is 2.33. The van der Waals surface area contributed by atoms with Gasteiger partial charge < -0.3 is 10.2 Å². The Morgan fingerprint density at radius 2 is 1.86 bits per heavy atom. The van der Waals surface area contributed by atoms with Gasteiger partial charge in [-0.3, -0.25) is 4.79 Å². The number of hydrogen-bond acceptors (Lipinski definition) is 4. The van der Waals surface area contributed by atoms with Crippen LogP contribution < -0.4 is 5.32 Å². The Labute approximate surface area is 173 Å². The third-order valence-electron chi connectivity index (χ3n) is 5.90. The molecule has 2 saturated heterocycles. The highest BCUT2D eigenvalue weighted by atomic mass is 32.2. The van der Waals surface area contributed by atoms with Crippen molar-refractivity contribution in [2.45, 2.75) is 43.9 Å². The monoisotopic (exact) mass is 425 g/mol. The zero-order valence-electron chi connectivity index (χ0n) is 17.1. The molecule has 29 heavy (non-hydrogen) atoms. The molecular weight excluding hydrogens is 393 g/mol. The minimum atomic E-state index is -3.71. The number of benzene rings is 1. The Morgan fingerprint density at radius 1 is 1.14 bits per heavy atom. The molecule has 1 aromatic carbocycles. The van der Waals surface area contributed by atoms with E-state index in [2.05, 4.69) is 17.1 Å². The largest absolute Gasteiger partial charge is 0.356 e. The molecule has 1 N–H and O–H groups in total. The summed E-state index contributed by atoms with van der Waals surface area (Å²) in [5.74, 6) is -0.140. The van der Waals surface area contributed by atoms with E-state index in [0.29, 0.717) is 25.9 Å². The van der Waals surface area contributed by atoms with Crippen LogP contribution in [0.2, 0.25) is 0 Å². The maximum absolute atomic E-state index is 13.1. The minimum absolute atomic E-state index is 0.0655. The van der Waals surface area contributed by atoms with Crippen molar-refractivity contribution in [3.63, 3.8) is 0 Å². The quantitative estimate of drug-likeness (QED) is 0.682. The van der Waals surface area contributed by atoms with E-state index in [4.69, 9.17) is 0 Å². The predicted molar refractivity (Wildman–Crippen MR) is 110 cm³/mol. The zero-order valence-corrected chi connectivity index (χ0v) is 18.0. The van der Waals surface area contributed by atoms with Crippen LogP contribution in [0.4, 0.5) is 4.39 Å². The topological polar surface area (TPSA) is 69.7 Å². The van der Waals surface area contributed by atoms with E-state index < -0.39 is 15.8 Å². The van der Waals surface area contributed by atoms with Crippen LogP contribution in [0.3, 0.4) is 0 Å². The lowest BCUT2D eigenvalue weighted by Crippen LogP contribution is -2.45. The van der Waals surface area contributed by atoms with Gasteiger partial charge in [0.25, 0.3) is 0 Å². The van der Waals surface area contributed by atoms with Crippen molar-refractivity contribution in [3.8, 4) is 0 Å². The SMILES string of the molecule is C[C@H]1CCCN(CCCNC(=O)[C@H]2CCCN(S(=O)(=O)c3ccc(F)cc3)C2)C1. The van der Waals surface area contributed by atoms with E-state index in [1.54, 1.807) is 0 Å². The number of amides is 1. The van der Waals surface area contributed by atoms with Crippen LogP contribution in [0.15, 0.2) is 29.2 Å². The van der Waals surface area contributed by atoms with Gasteiger partial charge in [0.1, 0.15) is 5.82 Å². The standard InChI is InChI=1S/C21H32FN3O3S/c1-17-5-2-12-24(15-17)13-4-11-23-21(26)18-6-3-14-25(16-18)29(27,28)20-9-7-19(22)8-10-20/h7-10,17-18H,2-6,11-16H2,1H3,(H,23,26)/t17-,18-/m0/s1. The maximum atomic E-state index is 13.1. The number of piperidine rings is 2. The number of nitrogens with zero attached hydrogens (tertiary/aromatic N) is 2. The first kappa shape index (κ1) is 22.2. The summed E-state index contributed by atoms with van der Waals surface area (Å²) >= 11 is 0. The molecule has 1 aromatic rings. The maximum Gasteiger partial charge on any atom is 0.243 e. The Hall–Kier alpha value is -1.51. The summed E-state index contributed by atoms with van der Waals surface area (Å²) in [7, 11) is -3.71. The van der Waals surface area contributed by atoms with Crippen LogP contribution >= 0.6 is 0 Å². The minimum Gasteiger partial charge on any atom is -0.356 e. The van der Waals surface area contributed by atoms with Crippen molar-refractivity contribution < 1.29 is 17.6 Å². The van der Waals surface area contributed by atoms with Gasteiger partial charge in [-0.1, -0.05) is 6.92 Å². The molecule has 1 amide bonds. The van der Waals surface area contributed by atoms with E-state index in [0.717, 1.165) is 44.1 Å². The summed E-state index contributed by atoms with van der Waals surface area (Å²) in [6.45, 7) is 6.71. The third kappa shape index (κ3) is 5.99. The van der Waals surface area contributed by atoms with Crippen molar-refractivity contribution in [3.05, 3.63) is 30.1 Å². The Kier molecular flexibility index (Phi) is 7.65. The lowest BCUT2D eigenvalue weighted by atomic mass is 9.99. The fraction of sp³-hybridized carbons (Fsp3) is 0.667. The average Bonchev–Trinajstić information content (AvgIpc) is 2.71. The normalized spacial score (nSPS) is 24.3. The summed E-state index contributed by atoms with van der Waals surface area (Å²) in [6, 6.07) is 4.83. The molecule has 2 heterocycles. The second-order valence-corrected chi connectivity index (χ2v) is 10.3. The average molecular weight is 426 g/mol. The van der Waals surface area contributed by atoms with E-state index in [1.807, 2.05) is 0 Å². The summed E-state index contributed by atoms with van der Waals surface area (Å²) < 4.78 is 40.0. The number of nitrogens with one attached hydrogen (secondary N) is 1. The number of carbonyl (C=O) groups is 1. The van der Waals surface area contributed by atoms with Crippen molar-refractivity contribution in [1.29, 1.82) is 0 Å². The van der Waals surface area contributed by atoms with Crippen molar-refractivity contribution >= 4 is 15.9 Å². The smallest absolute Gasteiger partial charge is 0.243 e. The molecule has 2 atom stereocenters. The van der Waals surface area contributed by atoms with Crippen LogP contribution in [-0.4, -0.2) is 62.8 Å². The van der Waals surface area contributed by atoms with Crippen LogP contribution in [0.5, 0.6) is 0 Å². The van der Waals surface area contributed by atoms with Gasteiger partial charge in [-0.2, -0.15) is 4.31 Å². The molecule has 0 aromatic heterocycles. The molecule has 2 aliphatic heterocycles. The first-order chi connectivity index (χ1) is 13.9. The van der Waals surface area contributed by atoms with E-state index in [1.165, 1.54) is 29.3 Å². The van der Waals surface area contributed by atoms with Gasteiger partial charge in [0.05, 0.1) is 10.8 Å². The molecule has 2 aliphatic rings. The van der Waals surface area contributed by atoms with Gasteiger partial charge in [0, 0.05) is 26.2 Å². The molecule has 3 rings (SSSR count). The van der Waals surface area contributed by atoms with E-state index >= 15 is 0 Å². The molecule has 6 nitrogen and oxygen atoms in total. The number of halogens is 1. The van der Waals surface area contributed by atoms with Gasteiger partial charge in [-0.25, -0.2) is 12.8 Å². The summed E-state index contributed by atoms with van der Waals surface area (Å²) in [5.41, 5.74) is 0. The summed E-state index contributed by atoms with van der Waals surface area (Å²) in [6.07, 6.45) is 4.78. The van der Waals surface area contributed by atoms with Gasteiger partial charge in [-0.15, -0.1) is 0 Å². The van der Waals surface area contributed by atoms with Gasteiger partial charge in [-0.05, 0) is 75.4 Å². The van der Waals surface area contributed by atoms with E-state index in [9.17, 15) is 17.6 Å². The van der Waals surface area contributed by atoms with E-state index in [-0.39, 0.29) is 23.3 Å². The molecule has 0 spiro atoms. The molecule has 0 saturated carbocycles. The third-order valence-corrected chi connectivity index (χ3v) is 7.78. The Bertz CT molecular complexity index is 785. The number of carbonyl (C=O) groups excluding carboxylic acids is 1. The lowest BCUT2D eigenvalue weighted by molar-refractivity contribution is -0.126. The second kappa shape index (κ2) is 10.00. The van der Waals surface area contributed by atoms with Crippen molar-refractivity contribution in [1.82, 2.24) is 14.5 Å². The van der Waals surface area contributed by atoms with Gasteiger partial charge >= 0.3 is 0 Å². The Balaban J connectivity index is 1.47. The highest BCUT2D eigenvalue weighted by Crippen LogP contribution is 2.24. The van der Waals surface area contributed by atoms with Crippen LogP contribution in [0.1, 0.15) is 39.0 Å². The summed E-state index contributed by atoms with van der Waals surface area (Å²) in [5, 5.41) is 2.99. The molecule has 8 heteroatoms. The number of sulfonamides is 1. The Morgan fingerprint density at radius 3 is 2.59 bits per heavy atom. The van der Waals surface area contributed by atoms with Crippen molar-refractivity contribution in [2.75, 3.05) is 39.3 Å². The first-order valence-corrected chi connectivity index (χ1v) is 12.1.